The van der Waals surface area contributed by atoms with Crippen LogP contribution in [-0.4, -0.2) is 120 Å². The van der Waals surface area contributed by atoms with E-state index >= 15 is 0 Å². The highest BCUT2D eigenvalue weighted by atomic mass is 16.6. The van der Waals surface area contributed by atoms with Gasteiger partial charge in [-0.3, -0.25) is 9.80 Å². The Bertz CT molecular complexity index is 2350. The number of likely N-dealkylation sites (tertiary alicyclic amines) is 2. The zero-order valence-corrected chi connectivity index (χ0v) is 44.3. The van der Waals surface area contributed by atoms with Crippen molar-refractivity contribution >= 4 is 0 Å². The maximum absolute atomic E-state index is 12.8. The van der Waals surface area contributed by atoms with Crippen molar-refractivity contribution in [3.8, 4) is 23.0 Å². The second kappa shape index (κ2) is 14.2. The lowest BCUT2D eigenvalue weighted by molar-refractivity contribution is -0.312. The lowest BCUT2D eigenvalue weighted by Crippen LogP contribution is -2.83. The lowest BCUT2D eigenvalue weighted by atomic mass is 9.33. The van der Waals surface area contributed by atoms with Gasteiger partial charge in [0, 0.05) is 84.0 Å². The van der Waals surface area contributed by atoms with E-state index in [1.165, 1.54) is 61.0 Å². The number of benzene rings is 2. The van der Waals surface area contributed by atoms with Gasteiger partial charge in [0.1, 0.15) is 36.6 Å². The Labute approximate surface area is 418 Å². The van der Waals surface area contributed by atoms with Crippen LogP contribution < -0.4 is 18.9 Å². The SMILES string of the molecule is CO[C@]12CC[C@@]3(C[C@@H]1[C@](C)(O)C(C)(C)C)[C@H]1Cc4ccc(OCCOc5ccc6c7c5O[C@H]5[C@@]8(OC)CC[C@@]9(C[C@@H]8[C@](C)(O)C(C)(C)C)[C@@H](C6)N(CC6CC6)CC[C@]759)c5c4[C@@]3(CCN1CC1CC1)[C@H]2O5. The Morgan fingerprint density at radius 3 is 1.33 bits per heavy atom. The Balaban J connectivity index is 0.789. The first-order chi connectivity index (χ1) is 33.2. The predicted molar refractivity (Wildman–Crippen MR) is 268 cm³/mol. The van der Waals surface area contributed by atoms with Gasteiger partial charge >= 0.3 is 0 Å². The minimum absolute atomic E-state index is 0.0212. The van der Waals surface area contributed by atoms with Crippen LogP contribution >= 0.6 is 0 Å². The molecule has 10 nitrogen and oxygen atoms in total. The summed E-state index contributed by atoms with van der Waals surface area (Å²) in [6.45, 7) is 22.6. The minimum Gasteiger partial charge on any atom is -0.486 e. The van der Waals surface area contributed by atoms with E-state index in [9.17, 15) is 10.2 Å². The van der Waals surface area contributed by atoms with Crippen LogP contribution in [0.25, 0.3) is 0 Å². The summed E-state index contributed by atoms with van der Waals surface area (Å²) in [5, 5.41) is 25.6. The fourth-order valence-electron chi connectivity index (χ4n) is 19.7. The molecule has 0 radical (unpaired) electrons. The maximum Gasteiger partial charge on any atom is 0.165 e. The van der Waals surface area contributed by atoms with E-state index in [2.05, 4.69) is 89.5 Å². The molecule has 8 bridgehead atoms. The van der Waals surface area contributed by atoms with Gasteiger partial charge in [-0.1, -0.05) is 53.7 Å². The number of piperidine rings is 2. The van der Waals surface area contributed by atoms with Crippen molar-refractivity contribution in [2.45, 2.75) is 203 Å². The van der Waals surface area contributed by atoms with Crippen molar-refractivity contribution in [2.24, 2.45) is 45.3 Å². The molecular weight excluding hydrogens is 877 g/mol. The maximum atomic E-state index is 12.8. The Morgan fingerprint density at radius 1 is 0.571 bits per heavy atom. The van der Waals surface area contributed by atoms with Gasteiger partial charge in [0.15, 0.2) is 23.0 Å². The van der Waals surface area contributed by atoms with Crippen LogP contribution in [-0.2, 0) is 33.1 Å². The number of rotatable bonds is 13. The molecule has 0 amide bonds. The summed E-state index contributed by atoms with van der Waals surface area (Å²) >= 11 is 0. The highest BCUT2D eigenvalue weighted by Crippen LogP contribution is 2.80. The monoisotopic (exact) mass is 961 g/mol. The van der Waals surface area contributed by atoms with E-state index in [0.29, 0.717) is 25.3 Å². The van der Waals surface area contributed by atoms with Gasteiger partial charge in [0.2, 0.25) is 0 Å². The molecule has 0 aromatic heterocycles. The third kappa shape index (κ3) is 5.29. The van der Waals surface area contributed by atoms with Crippen LogP contribution in [0.2, 0.25) is 0 Å². The van der Waals surface area contributed by atoms with Crippen molar-refractivity contribution < 1.29 is 38.6 Å². The quantitative estimate of drug-likeness (QED) is 0.189. The van der Waals surface area contributed by atoms with Gasteiger partial charge < -0.3 is 38.6 Å². The van der Waals surface area contributed by atoms with Gasteiger partial charge in [-0.05, 0) is 163 Å². The van der Waals surface area contributed by atoms with Crippen molar-refractivity contribution in [1.82, 2.24) is 9.80 Å². The van der Waals surface area contributed by atoms with E-state index < -0.39 is 22.4 Å². The first-order valence-electron chi connectivity index (χ1n) is 28.1. The van der Waals surface area contributed by atoms with E-state index in [1.807, 2.05) is 14.2 Å². The molecule has 4 heterocycles. The molecule has 70 heavy (non-hydrogen) atoms. The molecular formula is C60H84N2O8. The standard InChI is InChI=1S/C60H84N2O8/c1-51(2,3)53(7,63)41-31-55-19-21-59(41,65-9)49-57(55)23-25-61(33-35-11-12-35)43(55)29-37-15-17-39(47(69-49)45(37)57)67-27-28-68-40-18-16-38-30-44-56-20-22-60(66-10,42(32-56)54(8,64)52(4,5)6)50-58(56,46(38)48(40)70-50)24-26-62(44)34-36-13-14-36/h15-18,35-36,41-44,49-50,63-64H,11-14,19-34H2,1-10H3/t41-,42-,43-,44-,49-,50-,53+,54+,55-,56-,57+,58+,59-,60-/m1/s1. The van der Waals surface area contributed by atoms with Crippen LogP contribution in [0, 0.1) is 45.3 Å². The molecule has 14 atom stereocenters. The molecule has 2 N–H and O–H groups in total. The number of methoxy groups -OCH3 is 2. The van der Waals surface area contributed by atoms with Crippen molar-refractivity contribution in [2.75, 3.05) is 53.6 Å². The fourth-order valence-corrected chi connectivity index (χ4v) is 19.7. The summed E-state index contributed by atoms with van der Waals surface area (Å²) < 4.78 is 42.7. The molecule has 2 aromatic carbocycles. The molecule has 382 valence electrons. The number of nitrogens with zero attached hydrogens (tertiary/aromatic N) is 2. The molecule has 10 fully saturated rings. The third-order valence-corrected chi connectivity index (χ3v) is 24.3. The number of hydrogen-bond acceptors (Lipinski definition) is 10. The number of fused-ring (bicyclic) bond motifs is 4. The van der Waals surface area contributed by atoms with Gasteiger partial charge in [-0.2, -0.15) is 0 Å². The van der Waals surface area contributed by atoms with Crippen LogP contribution in [0.15, 0.2) is 24.3 Å². The average Bonchev–Trinajstić information content (AvgIpc) is 4.26. The van der Waals surface area contributed by atoms with E-state index in [0.717, 1.165) is 112 Å². The summed E-state index contributed by atoms with van der Waals surface area (Å²) in [6, 6.07) is 9.89. The molecule has 0 unspecified atom stereocenters. The zero-order chi connectivity index (χ0) is 48.6. The molecule has 10 heteroatoms. The third-order valence-electron chi connectivity index (χ3n) is 24.3. The largest absolute Gasteiger partial charge is 0.486 e. The normalized spacial score (nSPS) is 43.1. The molecule has 10 aliphatic carbocycles. The predicted octanol–water partition coefficient (Wildman–Crippen LogP) is 9.19. The van der Waals surface area contributed by atoms with Crippen LogP contribution in [0.4, 0.5) is 0 Å². The van der Waals surface area contributed by atoms with Crippen LogP contribution in [0.1, 0.15) is 155 Å². The summed E-state index contributed by atoms with van der Waals surface area (Å²) in [7, 11) is 3.78. The van der Waals surface area contributed by atoms with Crippen molar-refractivity contribution in [3.63, 3.8) is 0 Å². The fraction of sp³-hybridized carbons (Fsp3) is 0.800. The van der Waals surface area contributed by atoms with Gasteiger partial charge in [-0.15, -0.1) is 0 Å². The Hall–Kier alpha value is -2.60. The van der Waals surface area contributed by atoms with E-state index in [1.54, 1.807) is 0 Å². The first kappa shape index (κ1) is 46.0. The molecule has 8 saturated carbocycles. The number of aliphatic hydroxyl groups is 2. The van der Waals surface area contributed by atoms with Crippen molar-refractivity contribution in [1.29, 1.82) is 0 Å². The number of ether oxygens (including phenoxy) is 6. The molecule has 4 spiro atoms. The lowest BCUT2D eigenvalue weighted by Gasteiger charge is -2.75. The smallest absolute Gasteiger partial charge is 0.165 e. The highest BCUT2D eigenvalue weighted by Gasteiger charge is 2.84. The second-order valence-electron chi connectivity index (χ2n) is 28.2. The van der Waals surface area contributed by atoms with E-state index in [-0.39, 0.29) is 56.5 Å². The number of hydrogen-bond donors (Lipinski definition) is 2. The molecule has 2 saturated heterocycles. The Morgan fingerprint density at radius 2 is 0.971 bits per heavy atom. The minimum atomic E-state index is -0.964. The highest BCUT2D eigenvalue weighted by molar-refractivity contribution is 5.65. The van der Waals surface area contributed by atoms with Gasteiger partial charge in [-0.25, -0.2) is 0 Å². The molecule has 2 aromatic rings. The first-order valence-corrected chi connectivity index (χ1v) is 28.1. The second-order valence-corrected chi connectivity index (χ2v) is 28.2. The van der Waals surface area contributed by atoms with Crippen LogP contribution in [0.3, 0.4) is 0 Å². The molecule has 16 rings (SSSR count). The summed E-state index contributed by atoms with van der Waals surface area (Å²) in [6.07, 6.45) is 15.0. The average molecular weight is 961 g/mol. The van der Waals surface area contributed by atoms with E-state index in [4.69, 9.17) is 28.4 Å². The van der Waals surface area contributed by atoms with Gasteiger partial charge in [0.05, 0.1) is 11.2 Å². The summed E-state index contributed by atoms with van der Waals surface area (Å²) in [4.78, 5) is 5.76. The topological polar surface area (TPSA) is 102 Å². The molecule has 14 aliphatic rings. The van der Waals surface area contributed by atoms with Crippen LogP contribution in [0.5, 0.6) is 23.0 Å². The molecule has 4 aliphatic heterocycles. The van der Waals surface area contributed by atoms with Gasteiger partial charge in [0.25, 0.3) is 0 Å². The summed E-state index contributed by atoms with van der Waals surface area (Å²) in [5.41, 5.74) is 1.29. The zero-order valence-electron chi connectivity index (χ0n) is 44.3. The van der Waals surface area contributed by atoms with Crippen molar-refractivity contribution in [3.05, 3.63) is 46.5 Å². The Kier molecular flexibility index (Phi) is 9.33. The summed E-state index contributed by atoms with van der Waals surface area (Å²) in [5.74, 6) is 4.90.